The molecule has 11 heteroatoms. The average Bonchev–Trinajstić information content (AvgIpc) is 3.44. The van der Waals surface area contributed by atoms with E-state index in [4.69, 9.17) is 0 Å². The largest absolute Gasteiger partial charge is 0.297 e. The number of carbonyl (C=O) groups excluding carboxylic acids is 1. The molecule has 4 rings (SSSR count). The van der Waals surface area contributed by atoms with Crippen LogP contribution in [0.1, 0.15) is 9.67 Å². The first-order valence-electron chi connectivity index (χ1n) is 9.26. The number of hydrogen-bond acceptors (Lipinski definition) is 7. The van der Waals surface area contributed by atoms with Gasteiger partial charge in [0.1, 0.15) is 15.7 Å². The first-order valence-corrected chi connectivity index (χ1v) is 12.4. The van der Waals surface area contributed by atoms with Gasteiger partial charge in [-0.1, -0.05) is 24.3 Å². The molecule has 0 fully saturated rings. The molecule has 0 atom stereocenters. The summed E-state index contributed by atoms with van der Waals surface area (Å²) < 4.78 is 39.5. The Hall–Kier alpha value is -2.99. The number of anilines is 1. The molecule has 0 radical (unpaired) electrons. The van der Waals surface area contributed by atoms with Crippen LogP contribution in [0.3, 0.4) is 0 Å². The maximum Gasteiger partial charge on any atom is 0.269 e. The molecule has 4 aromatic rings. The summed E-state index contributed by atoms with van der Waals surface area (Å²) in [6, 6.07) is 12.6. The van der Waals surface area contributed by atoms with E-state index in [-0.39, 0.29) is 4.90 Å². The number of rotatable bonds is 6. The van der Waals surface area contributed by atoms with Crippen LogP contribution >= 0.6 is 22.7 Å². The standard InChI is InChI=1S/C21H17FN4O3S3/c1-26(2)32(28,29)14-9-7-13(8-10-14)17-12-30-21(24-17)25-19(27)18-11-23-20(31-18)15-5-3-4-6-16(15)22/h3-12H,1-2H3,(H,24,25,27). The van der Waals surface area contributed by atoms with E-state index in [9.17, 15) is 17.6 Å². The predicted molar refractivity (Wildman–Crippen MR) is 124 cm³/mol. The van der Waals surface area contributed by atoms with Crippen LogP contribution in [0.2, 0.25) is 0 Å². The quantitative estimate of drug-likeness (QED) is 0.429. The highest BCUT2D eigenvalue weighted by Crippen LogP contribution is 2.29. The van der Waals surface area contributed by atoms with Gasteiger partial charge in [0.15, 0.2) is 5.13 Å². The van der Waals surface area contributed by atoms with Crippen molar-refractivity contribution in [3.63, 3.8) is 0 Å². The Morgan fingerprint density at radius 1 is 1.09 bits per heavy atom. The first kappa shape index (κ1) is 22.2. The summed E-state index contributed by atoms with van der Waals surface area (Å²) >= 11 is 2.33. The van der Waals surface area contributed by atoms with Gasteiger partial charge >= 0.3 is 0 Å². The Bertz CT molecular complexity index is 1380. The molecule has 1 amide bonds. The molecule has 2 heterocycles. The molecule has 0 aliphatic carbocycles. The number of aromatic nitrogens is 2. The van der Waals surface area contributed by atoms with E-state index in [2.05, 4.69) is 15.3 Å². The maximum atomic E-state index is 13.9. The van der Waals surface area contributed by atoms with Crippen LogP contribution in [-0.2, 0) is 10.0 Å². The van der Waals surface area contributed by atoms with Crippen molar-refractivity contribution in [1.29, 1.82) is 0 Å². The van der Waals surface area contributed by atoms with Crippen LogP contribution < -0.4 is 5.32 Å². The van der Waals surface area contributed by atoms with Crippen molar-refractivity contribution in [3.05, 3.63) is 70.8 Å². The van der Waals surface area contributed by atoms with Crippen LogP contribution in [0.25, 0.3) is 21.8 Å². The molecule has 0 unspecified atom stereocenters. The van der Waals surface area contributed by atoms with Gasteiger partial charge in [-0.3, -0.25) is 10.1 Å². The molecule has 164 valence electrons. The fourth-order valence-electron chi connectivity index (χ4n) is 2.77. The number of thiazole rings is 2. The van der Waals surface area contributed by atoms with Gasteiger partial charge in [0, 0.05) is 30.6 Å². The Morgan fingerprint density at radius 2 is 1.81 bits per heavy atom. The van der Waals surface area contributed by atoms with Gasteiger partial charge in [0.2, 0.25) is 10.0 Å². The molecule has 2 aromatic carbocycles. The SMILES string of the molecule is CN(C)S(=O)(=O)c1ccc(-c2csc(NC(=O)c3cnc(-c4ccccc4F)s3)n2)cc1. The number of halogens is 1. The zero-order valence-electron chi connectivity index (χ0n) is 16.9. The van der Waals surface area contributed by atoms with E-state index in [1.807, 2.05) is 0 Å². The molecular weight excluding hydrogens is 471 g/mol. The summed E-state index contributed by atoms with van der Waals surface area (Å²) in [6.07, 6.45) is 1.40. The second kappa shape index (κ2) is 8.87. The zero-order valence-corrected chi connectivity index (χ0v) is 19.4. The van der Waals surface area contributed by atoms with Crippen molar-refractivity contribution in [2.45, 2.75) is 4.90 Å². The Morgan fingerprint density at radius 3 is 2.50 bits per heavy atom. The Labute approximate surface area is 192 Å². The molecule has 0 spiro atoms. The first-order chi connectivity index (χ1) is 15.3. The number of amides is 1. The maximum absolute atomic E-state index is 13.9. The van der Waals surface area contributed by atoms with Crippen LogP contribution in [0.4, 0.5) is 9.52 Å². The highest BCUT2D eigenvalue weighted by Gasteiger charge is 2.18. The van der Waals surface area contributed by atoms with Crippen molar-refractivity contribution >= 4 is 43.7 Å². The minimum atomic E-state index is -3.51. The summed E-state index contributed by atoms with van der Waals surface area (Å²) in [7, 11) is -0.561. The normalized spacial score (nSPS) is 11.6. The highest BCUT2D eigenvalue weighted by atomic mass is 32.2. The molecule has 0 aliphatic heterocycles. The van der Waals surface area contributed by atoms with E-state index in [1.165, 1.54) is 49.8 Å². The van der Waals surface area contributed by atoms with Crippen LogP contribution in [0.15, 0.2) is 65.0 Å². The van der Waals surface area contributed by atoms with Crippen molar-refractivity contribution in [3.8, 4) is 21.8 Å². The third-order valence-electron chi connectivity index (χ3n) is 4.49. The summed E-state index contributed by atoms with van der Waals surface area (Å²) in [5.74, 6) is -0.791. The molecule has 0 saturated heterocycles. The lowest BCUT2D eigenvalue weighted by Gasteiger charge is -2.11. The van der Waals surface area contributed by atoms with Gasteiger partial charge in [0.05, 0.1) is 16.8 Å². The number of benzene rings is 2. The molecule has 0 bridgehead atoms. The minimum Gasteiger partial charge on any atom is -0.297 e. The van der Waals surface area contributed by atoms with Crippen molar-refractivity contribution < 1.29 is 17.6 Å². The fraction of sp³-hybridized carbons (Fsp3) is 0.0952. The van der Waals surface area contributed by atoms with E-state index in [0.717, 1.165) is 21.2 Å². The highest BCUT2D eigenvalue weighted by molar-refractivity contribution is 7.89. The third-order valence-corrected chi connectivity index (χ3v) is 8.10. The molecule has 0 saturated carbocycles. The van der Waals surface area contributed by atoms with E-state index >= 15 is 0 Å². The van der Waals surface area contributed by atoms with Gasteiger partial charge in [-0.25, -0.2) is 27.1 Å². The fourth-order valence-corrected chi connectivity index (χ4v) is 5.22. The minimum absolute atomic E-state index is 0.186. The van der Waals surface area contributed by atoms with E-state index in [1.54, 1.807) is 35.7 Å². The zero-order chi connectivity index (χ0) is 22.9. The van der Waals surface area contributed by atoms with Gasteiger partial charge in [0.25, 0.3) is 5.91 Å². The van der Waals surface area contributed by atoms with E-state index in [0.29, 0.717) is 26.3 Å². The molecule has 0 aliphatic rings. The van der Waals surface area contributed by atoms with Crippen LogP contribution in [-0.4, -0.2) is 42.7 Å². The van der Waals surface area contributed by atoms with Gasteiger partial charge < -0.3 is 0 Å². The number of nitrogens with zero attached hydrogens (tertiary/aromatic N) is 3. The smallest absolute Gasteiger partial charge is 0.269 e. The number of carbonyl (C=O) groups is 1. The molecule has 1 N–H and O–H groups in total. The summed E-state index contributed by atoms with van der Waals surface area (Å²) in [5, 5.41) is 5.29. The number of sulfonamides is 1. The third kappa shape index (κ3) is 4.46. The lowest BCUT2D eigenvalue weighted by molar-refractivity contribution is 0.103. The lowest BCUT2D eigenvalue weighted by Crippen LogP contribution is -2.22. The topological polar surface area (TPSA) is 92.3 Å². The Kier molecular flexibility index (Phi) is 6.15. The van der Waals surface area contributed by atoms with Gasteiger partial charge in [-0.15, -0.1) is 22.7 Å². The van der Waals surface area contributed by atoms with Crippen molar-refractivity contribution in [2.24, 2.45) is 0 Å². The second-order valence-electron chi connectivity index (χ2n) is 6.81. The monoisotopic (exact) mass is 488 g/mol. The number of nitrogens with one attached hydrogen (secondary N) is 1. The van der Waals surface area contributed by atoms with Crippen molar-refractivity contribution in [1.82, 2.24) is 14.3 Å². The van der Waals surface area contributed by atoms with Crippen molar-refractivity contribution in [2.75, 3.05) is 19.4 Å². The van der Waals surface area contributed by atoms with Crippen LogP contribution in [0, 0.1) is 5.82 Å². The molecule has 2 aromatic heterocycles. The molecular formula is C21H17FN4O3S3. The average molecular weight is 489 g/mol. The van der Waals surface area contributed by atoms with E-state index < -0.39 is 21.7 Å². The Balaban J connectivity index is 1.48. The van der Waals surface area contributed by atoms with Gasteiger partial charge in [-0.2, -0.15) is 0 Å². The summed E-state index contributed by atoms with van der Waals surface area (Å²) in [4.78, 5) is 21.6. The van der Waals surface area contributed by atoms with Gasteiger partial charge in [-0.05, 0) is 24.3 Å². The predicted octanol–water partition coefficient (Wildman–Crippen LogP) is 4.58. The summed E-state index contributed by atoms with van der Waals surface area (Å²) in [5.41, 5.74) is 1.67. The molecule has 7 nitrogen and oxygen atoms in total. The summed E-state index contributed by atoms with van der Waals surface area (Å²) in [6.45, 7) is 0. The number of hydrogen-bond donors (Lipinski definition) is 1. The lowest BCUT2D eigenvalue weighted by atomic mass is 10.2. The van der Waals surface area contributed by atoms with Crippen LogP contribution in [0.5, 0.6) is 0 Å². The second-order valence-corrected chi connectivity index (χ2v) is 10.9. The molecule has 32 heavy (non-hydrogen) atoms.